The maximum atomic E-state index is 9.64. The quantitative estimate of drug-likeness (QED) is 0.715. The van der Waals surface area contributed by atoms with Crippen LogP contribution in [0, 0.1) is 0 Å². The third-order valence-corrected chi connectivity index (χ3v) is 3.07. The Hall–Kier alpha value is -0.550. The summed E-state index contributed by atoms with van der Waals surface area (Å²) in [4.78, 5) is 0. The molecule has 1 heterocycles. The Bertz CT molecular complexity index is 264. The lowest BCUT2D eigenvalue weighted by Gasteiger charge is -2.06. The van der Waals surface area contributed by atoms with E-state index in [9.17, 15) is 5.11 Å². The maximum absolute atomic E-state index is 9.64. The van der Waals surface area contributed by atoms with Gasteiger partial charge in [0.25, 0.3) is 0 Å². The lowest BCUT2D eigenvalue weighted by molar-refractivity contribution is 0.199. The molecule has 1 unspecified atom stereocenters. The topological polar surface area (TPSA) is 50.9 Å². The van der Waals surface area contributed by atoms with Crippen LogP contribution in [0.1, 0.15) is 19.0 Å². The second-order valence-corrected chi connectivity index (χ2v) is 4.47. The first kappa shape index (κ1) is 11.5. The Morgan fingerprint density at radius 1 is 1.64 bits per heavy atom. The van der Waals surface area contributed by atoms with Crippen LogP contribution < -0.4 is 0 Å². The lowest BCUT2D eigenvalue weighted by Crippen LogP contribution is -2.14. The molecule has 1 rings (SSSR count). The van der Waals surface area contributed by atoms with Gasteiger partial charge in [-0.25, -0.2) is 0 Å². The highest BCUT2D eigenvalue weighted by Crippen LogP contribution is 2.07. The van der Waals surface area contributed by atoms with Crippen molar-refractivity contribution in [1.29, 1.82) is 0 Å². The number of rotatable bonds is 6. The van der Waals surface area contributed by atoms with E-state index in [-0.39, 0.29) is 6.10 Å². The summed E-state index contributed by atoms with van der Waals surface area (Å²) in [5.41, 5.74) is 0.858. The van der Waals surface area contributed by atoms with Crippen molar-refractivity contribution >= 4 is 11.8 Å². The summed E-state index contributed by atoms with van der Waals surface area (Å²) in [6, 6.07) is 0. The number of hydrogen-bond acceptors (Lipinski definition) is 4. The van der Waals surface area contributed by atoms with Gasteiger partial charge in [-0.1, -0.05) is 12.1 Å². The van der Waals surface area contributed by atoms with Crippen LogP contribution in [0.25, 0.3) is 0 Å². The highest BCUT2D eigenvalue weighted by molar-refractivity contribution is 7.99. The number of aliphatic hydroxyl groups excluding tert-OH is 1. The first-order valence-corrected chi connectivity index (χ1v) is 5.99. The number of aliphatic hydroxyl groups is 1. The van der Waals surface area contributed by atoms with Gasteiger partial charge in [0.2, 0.25) is 0 Å². The van der Waals surface area contributed by atoms with E-state index in [1.165, 1.54) is 0 Å². The van der Waals surface area contributed by atoms with Crippen LogP contribution in [0.4, 0.5) is 0 Å². The van der Waals surface area contributed by atoms with Crippen molar-refractivity contribution < 1.29 is 5.11 Å². The van der Waals surface area contributed by atoms with E-state index in [4.69, 9.17) is 0 Å². The van der Waals surface area contributed by atoms with Crippen molar-refractivity contribution in [1.82, 2.24) is 15.0 Å². The molecule has 0 aliphatic heterocycles. The van der Waals surface area contributed by atoms with Crippen LogP contribution in [0.15, 0.2) is 6.20 Å². The Labute approximate surface area is 88.7 Å². The Kier molecular flexibility index (Phi) is 4.97. The predicted octanol–water partition coefficient (Wildman–Crippen LogP) is 0.862. The van der Waals surface area contributed by atoms with Crippen molar-refractivity contribution in [3.05, 3.63) is 11.9 Å². The van der Waals surface area contributed by atoms with Gasteiger partial charge in [0.15, 0.2) is 0 Å². The zero-order valence-corrected chi connectivity index (χ0v) is 9.50. The van der Waals surface area contributed by atoms with E-state index in [0.29, 0.717) is 6.42 Å². The van der Waals surface area contributed by atoms with E-state index in [2.05, 4.69) is 17.2 Å². The third-order valence-electron chi connectivity index (χ3n) is 1.75. The summed E-state index contributed by atoms with van der Waals surface area (Å²) in [6.07, 6.45) is 3.30. The van der Waals surface area contributed by atoms with E-state index < -0.39 is 0 Å². The number of thioether (sulfide) groups is 1. The van der Waals surface area contributed by atoms with E-state index in [1.807, 2.05) is 13.2 Å². The summed E-state index contributed by atoms with van der Waals surface area (Å²) in [5.74, 6) is 1.89. The molecule has 0 aliphatic carbocycles. The fourth-order valence-corrected chi connectivity index (χ4v) is 2.00. The first-order chi connectivity index (χ1) is 6.72. The molecule has 0 bridgehead atoms. The van der Waals surface area contributed by atoms with E-state index >= 15 is 0 Å². The van der Waals surface area contributed by atoms with E-state index in [1.54, 1.807) is 16.4 Å². The maximum Gasteiger partial charge on any atom is 0.0853 e. The van der Waals surface area contributed by atoms with Gasteiger partial charge >= 0.3 is 0 Å². The molecular weight excluding hydrogens is 198 g/mol. The fraction of sp³-hybridized carbons (Fsp3) is 0.778. The van der Waals surface area contributed by atoms with Crippen LogP contribution in [-0.2, 0) is 13.5 Å². The zero-order valence-electron chi connectivity index (χ0n) is 8.68. The highest BCUT2D eigenvalue weighted by atomic mass is 32.2. The molecule has 1 atom stereocenters. The van der Waals surface area contributed by atoms with Gasteiger partial charge in [-0.05, 0) is 12.2 Å². The molecule has 1 aromatic heterocycles. The molecule has 0 saturated carbocycles. The molecule has 0 saturated heterocycles. The van der Waals surface area contributed by atoms with Gasteiger partial charge in [0.1, 0.15) is 0 Å². The second-order valence-electron chi connectivity index (χ2n) is 3.32. The number of aryl methyl sites for hydroxylation is 1. The molecule has 0 fully saturated rings. The molecule has 0 amide bonds. The van der Waals surface area contributed by atoms with Gasteiger partial charge in [-0.2, -0.15) is 11.8 Å². The Morgan fingerprint density at radius 2 is 2.43 bits per heavy atom. The summed E-state index contributed by atoms with van der Waals surface area (Å²) in [5, 5.41) is 17.4. The minimum absolute atomic E-state index is 0.303. The van der Waals surface area contributed by atoms with Crippen molar-refractivity contribution in [3.8, 4) is 0 Å². The summed E-state index contributed by atoms with van der Waals surface area (Å²) in [7, 11) is 1.83. The number of hydrogen-bond donors (Lipinski definition) is 1. The lowest BCUT2D eigenvalue weighted by atomic mass is 10.2. The number of aromatic nitrogens is 3. The molecule has 1 N–H and O–H groups in total. The van der Waals surface area contributed by atoms with E-state index in [0.717, 1.165) is 23.6 Å². The van der Waals surface area contributed by atoms with Gasteiger partial charge in [0.05, 0.1) is 11.8 Å². The molecule has 80 valence electrons. The molecular formula is C9H17N3OS. The molecule has 4 nitrogen and oxygen atoms in total. The normalized spacial score (nSPS) is 13.1. The Morgan fingerprint density at radius 3 is 3.00 bits per heavy atom. The van der Waals surface area contributed by atoms with Crippen LogP contribution >= 0.6 is 11.8 Å². The summed E-state index contributed by atoms with van der Waals surface area (Å²) >= 11 is 1.78. The van der Waals surface area contributed by atoms with Crippen molar-refractivity contribution in [2.24, 2.45) is 7.05 Å². The van der Waals surface area contributed by atoms with Gasteiger partial charge < -0.3 is 5.11 Å². The molecule has 1 aromatic rings. The first-order valence-electron chi connectivity index (χ1n) is 4.83. The average molecular weight is 215 g/mol. The summed E-state index contributed by atoms with van der Waals surface area (Å²) < 4.78 is 1.65. The predicted molar refractivity (Wildman–Crippen MR) is 58.3 cm³/mol. The monoisotopic (exact) mass is 215 g/mol. The third kappa shape index (κ3) is 4.11. The standard InChI is InChI=1S/C9H17N3OS/c1-3-4-14-7-9(13)5-8-6-12(2)11-10-8/h6,9,13H,3-5,7H2,1-2H3. The average Bonchev–Trinajstić information content (AvgIpc) is 2.52. The second kappa shape index (κ2) is 6.03. The molecule has 14 heavy (non-hydrogen) atoms. The molecule has 0 radical (unpaired) electrons. The fourth-order valence-electron chi connectivity index (χ4n) is 1.15. The van der Waals surface area contributed by atoms with Gasteiger partial charge in [-0.15, -0.1) is 5.10 Å². The van der Waals surface area contributed by atoms with Crippen molar-refractivity contribution in [2.75, 3.05) is 11.5 Å². The highest BCUT2D eigenvalue weighted by Gasteiger charge is 2.07. The van der Waals surface area contributed by atoms with Gasteiger partial charge in [0, 0.05) is 25.4 Å². The van der Waals surface area contributed by atoms with Gasteiger partial charge in [-0.3, -0.25) is 4.68 Å². The van der Waals surface area contributed by atoms with Crippen LogP contribution in [0.2, 0.25) is 0 Å². The zero-order chi connectivity index (χ0) is 10.4. The Balaban J connectivity index is 2.23. The minimum Gasteiger partial charge on any atom is -0.392 e. The largest absolute Gasteiger partial charge is 0.392 e. The van der Waals surface area contributed by atoms with Crippen LogP contribution in [-0.4, -0.2) is 37.7 Å². The molecule has 0 aromatic carbocycles. The number of nitrogens with zero attached hydrogens (tertiary/aromatic N) is 3. The molecule has 0 spiro atoms. The van der Waals surface area contributed by atoms with Crippen LogP contribution in [0.5, 0.6) is 0 Å². The smallest absolute Gasteiger partial charge is 0.0853 e. The van der Waals surface area contributed by atoms with Crippen molar-refractivity contribution in [3.63, 3.8) is 0 Å². The van der Waals surface area contributed by atoms with Crippen molar-refractivity contribution in [2.45, 2.75) is 25.9 Å². The summed E-state index contributed by atoms with van der Waals surface area (Å²) in [6.45, 7) is 2.14. The molecule has 5 heteroatoms. The molecule has 0 aliphatic rings. The SMILES string of the molecule is CCCSCC(O)Cc1cn(C)nn1. The minimum atomic E-state index is -0.303. The van der Waals surface area contributed by atoms with Crippen LogP contribution in [0.3, 0.4) is 0 Å².